The molecule has 1 N–H and O–H groups in total. The lowest BCUT2D eigenvalue weighted by Crippen LogP contribution is -2.35. The first-order chi connectivity index (χ1) is 16.9. The maximum atomic E-state index is 15.3. The number of hydrogen-bond acceptors (Lipinski definition) is 2. The minimum absolute atomic E-state index is 0.0607. The predicted octanol–water partition coefficient (Wildman–Crippen LogP) is 8.95. The number of halogens is 3. The highest BCUT2D eigenvalue weighted by molar-refractivity contribution is 5.14. The van der Waals surface area contributed by atoms with Crippen molar-refractivity contribution < 1.29 is 23.0 Å². The van der Waals surface area contributed by atoms with Crippen LogP contribution in [0.3, 0.4) is 0 Å². The molecular formula is C30H47F3O2. The van der Waals surface area contributed by atoms with Gasteiger partial charge < -0.3 is 9.84 Å². The summed E-state index contributed by atoms with van der Waals surface area (Å²) in [7, 11) is 0. The molecule has 35 heavy (non-hydrogen) atoms. The van der Waals surface area contributed by atoms with Crippen LogP contribution in [0.15, 0.2) is 23.6 Å². The Kier molecular flexibility index (Phi) is 9.82. The Hall–Kier alpha value is -0.810. The number of rotatable bonds is 8. The Morgan fingerprint density at radius 3 is 1.89 bits per heavy atom. The monoisotopic (exact) mass is 496 g/mol. The highest BCUT2D eigenvalue weighted by Crippen LogP contribution is 2.49. The molecule has 200 valence electrons. The van der Waals surface area contributed by atoms with Crippen LogP contribution in [0.1, 0.15) is 110 Å². The van der Waals surface area contributed by atoms with Crippen molar-refractivity contribution >= 4 is 0 Å². The van der Waals surface area contributed by atoms with E-state index in [1.807, 2.05) is 0 Å². The normalized spacial score (nSPS) is 39.9. The molecule has 0 spiro atoms. The van der Waals surface area contributed by atoms with Crippen molar-refractivity contribution in [1.29, 1.82) is 0 Å². The summed E-state index contributed by atoms with van der Waals surface area (Å²) in [6.45, 7) is 4.33. The number of ether oxygens (including phenoxy) is 1. The molecule has 4 aliphatic rings. The molecule has 0 radical (unpaired) electrons. The van der Waals surface area contributed by atoms with E-state index in [4.69, 9.17) is 4.74 Å². The van der Waals surface area contributed by atoms with Gasteiger partial charge in [0, 0.05) is 17.8 Å². The maximum Gasteiger partial charge on any atom is 0.158 e. The van der Waals surface area contributed by atoms with Crippen molar-refractivity contribution in [2.24, 2.45) is 41.4 Å². The van der Waals surface area contributed by atoms with E-state index >= 15 is 8.78 Å². The van der Waals surface area contributed by atoms with Crippen molar-refractivity contribution in [1.82, 2.24) is 0 Å². The molecule has 2 saturated carbocycles. The summed E-state index contributed by atoms with van der Waals surface area (Å²) in [5, 5.41) is 10.7. The minimum atomic E-state index is -0.992. The van der Waals surface area contributed by atoms with Gasteiger partial charge in [0.1, 0.15) is 23.6 Å². The van der Waals surface area contributed by atoms with Crippen LogP contribution in [0.2, 0.25) is 0 Å². The Bertz CT molecular complexity index is 734. The van der Waals surface area contributed by atoms with Crippen LogP contribution in [-0.4, -0.2) is 17.5 Å². The second-order valence-electron chi connectivity index (χ2n) is 12.0. The summed E-state index contributed by atoms with van der Waals surface area (Å²) < 4.78 is 50.7. The average Bonchev–Trinajstić information content (AvgIpc) is 2.87. The summed E-state index contributed by atoms with van der Waals surface area (Å²) in [6, 6.07) is 0. The topological polar surface area (TPSA) is 29.5 Å². The van der Waals surface area contributed by atoms with Crippen LogP contribution in [0, 0.1) is 41.4 Å². The van der Waals surface area contributed by atoms with Gasteiger partial charge in [0.15, 0.2) is 6.29 Å². The summed E-state index contributed by atoms with van der Waals surface area (Å²) in [5.41, 5.74) is 0. The van der Waals surface area contributed by atoms with Gasteiger partial charge in [0.25, 0.3) is 0 Å². The standard InChI is InChI=1S/C30H47F3O2/c1-3-5-20-8-17-27(26(31)18-20)35-30(34)23-13-11-22(12-14-23)25-16-15-24(28(32)29(25)33)21-9-6-19(4-2)7-10-21/h18-25,27,30,34H,3-17H2,1-2H3/t19?,20-,21?,22?,23?,24-,25+,27+,30-/m0/s1. The summed E-state index contributed by atoms with van der Waals surface area (Å²) in [4.78, 5) is 0. The van der Waals surface area contributed by atoms with Crippen LogP contribution >= 0.6 is 0 Å². The quantitative estimate of drug-likeness (QED) is 0.340. The lowest BCUT2D eigenvalue weighted by molar-refractivity contribution is -0.171. The Labute approximate surface area is 210 Å². The molecule has 5 heteroatoms. The molecule has 0 unspecified atom stereocenters. The first-order valence-electron chi connectivity index (χ1n) is 14.7. The summed E-state index contributed by atoms with van der Waals surface area (Å²) in [5.74, 6) is -0.296. The minimum Gasteiger partial charge on any atom is -0.368 e. The molecule has 0 aromatic carbocycles. The third-order valence-electron chi connectivity index (χ3n) is 9.96. The van der Waals surface area contributed by atoms with Crippen molar-refractivity contribution in [3.05, 3.63) is 23.6 Å². The lowest BCUT2D eigenvalue weighted by Gasteiger charge is -2.40. The second-order valence-corrected chi connectivity index (χ2v) is 12.0. The van der Waals surface area contributed by atoms with Crippen LogP contribution in [0.4, 0.5) is 13.2 Å². The third-order valence-corrected chi connectivity index (χ3v) is 9.96. The van der Waals surface area contributed by atoms with Crippen molar-refractivity contribution in [2.45, 2.75) is 123 Å². The zero-order chi connectivity index (χ0) is 24.9. The fourth-order valence-corrected chi connectivity index (χ4v) is 7.61. The van der Waals surface area contributed by atoms with Crippen LogP contribution in [0.25, 0.3) is 0 Å². The molecule has 0 aliphatic heterocycles. The average molecular weight is 497 g/mol. The van der Waals surface area contributed by atoms with E-state index in [1.54, 1.807) is 6.08 Å². The third kappa shape index (κ3) is 6.55. The zero-order valence-electron chi connectivity index (χ0n) is 21.9. The van der Waals surface area contributed by atoms with Gasteiger partial charge in [-0.05, 0) is 100 Å². The van der Waals surface area contributed by atoms with Gasteiger partial charge >= 0.3 is 0 Å². The maximum absolute atomic E-state index is 15.3. The number of hydrogen-bond donors (Lipinski definition) is 1. The molecule has 0 amide bonds. The molecule has 0 aromatic rings. The Balaban J connectivity index is 1.26. The smallest absolute Gasteiger partial charge is 0.158 e. The second kappa shape index (κ2) is 12.6. The van der Waals surface area contributed by atoms with Gasteiger partial charge in [-0.25, -0.2) is 13.2 Å². The summed E-state index contributed by atoms with van der Waals surface area (Å²) >= 11 is 0. The van der Waals surface area contributed by atoms with Gasteiger partial charge in [0.2, 0.25) is 0 Å². The van der Waals surface area contributed by atoms with Crippen LogP contribution < -0.4 is 0 Å². The van der Waals surface area contributed by atoms with E-state index < -0.39 is 24.0 Å². The first kappa shape index (κ1) is 27.2. The molecule has 5 atom stereocenters. The van der Waals surface area contributed by atoms with Crippen molar-refractivity contribution in [3.63, 3.8) is 0 Å². The summed E-state index contributed by atoms with van der Waals surface area (Å²) in [6.07, 6.45) is 13.6. The molecule has 2 nitrogen and oxygen atoms in total. The van der Waals surface area contributed by atoms with Gasteiger partial charge in [-0.1, -0.05) is 39.5 Å². The molecule has 0 heterocycles. The van der Waals surface area contributed by atoms with E-state index in [0.29, 0.717) is 12.3 Å². The fourth-order valence-electron chi connectivity index (χ4n) is 7.61. The van der Waals surface area contributed by atoms with Crippen LogP contribution in [-0.2, 0) is 4.74 Å². The molecule has 2 fully saturated rings. The van der Waals surface area contributed by atoms with E-state index in [1.165, 1.54) is 6.42 Å². The Morgan fingerprint density at radius 1 is 0.800 bits per heavy atom. The molecule has 4 rings (SSSR count). The molecule has 4 aliphatic carbocycles. The number of aliphatic hydroxyl groups is 1. The fraction of sp³-hybridized carbons (Fsp3) is 0.867. The van der Waals surface area contributed by atoms with Crippen molar-refractivity contribution in [2.75, 3.05) is 0 Å². The van der Waals surface area contributed by atoms with Gasteiger partial charge in [-0.2, -0.15) is 0 Å². The van der Waals surface area contributed by atoms with E-state index in [0.717, 1.165) is 89.4 Å². The predicted molar refractivity (Wildman–Crippen MR) is 134 cm³/mol. The lowest BCUT2D eigenvalue weighted by atomic mass is 9.67. The number of aliphatic hydroxyl groups excluding tert-OH is 1. The van der Waals surface area contributed by atoms with Crippen molar-refractivity contribution in [3.8, 4) is 0 Å². The van der Waals surface area contributed by atoms with E-state index in [2.05, 4.69) is 13.8 Å². The SMILES string of the molecule is CCC[C@@H]1C=C(F)[C@H](O[C@H](O)C2CCC([C@H]3CC[C@@H](C4CCC(CC)CC4)C(F)=C3F)CC2)CC1. The highest BCUT2D eigenvalue weighted by atomic mass is 19.2. The van der Waals surface area contributed by atoms with Crippen LogP contribution in [0.5, 0.6) is 0 Å². The van der Waals surface area contributed by atoms with Gasteiger partial charge in [-0.3, -0.25) is 0 Å². The molecule has 0 saturated heterocycles. The zero-order valence-corrected chi connectivity index (χ0v) is 21.9. The van der Waals surface area contributed by atoms with Gasteiger partial charge in [0.05, 0.1) is 0 Å². The Morgan fingerprint density at radius 2 is 1.37 bits per heavy atom. The van der Waals surface area contributed by atoms with E-state index in [9.17, 15) is 9.50 Å². The first-order valence-corrected chi connectivity index (χ1v) is 14.7. The molecular weight excluding hydrogens is 449 g/mol. The van der Waals surface area contributed by atoms with E-state index in [-0.39, 0.29) is 35.4 Å². The van der Waals surface area contributed by atoms with Gasteiger partial charge in [-0.15, -0.1) is 0 Å². The molecule has 0 aromatic heterocycles. The number of allylic oxidation sites excluding steroid dienone is 3. The largest absolute Gasteiger partial charge is 0.368 e. The highest BCUT2D eigenvalue weighted by Gasteiger charge is 2.41. The molecule has 0 bridgehead atoms.